The van der Waals surface area contributed by atoms with Crippen LogP contribution in [0.3, 0.4) is 0 Å². The zero-order valence-corrected chi connectivity index (χ0v) is 25.2. The summed E-state index contributed by atoms with van der Waals surface area (Å²) in [6.45, 7) is 5.52. The summed E-state index contributed by atoms with van der Waals surface area (Å²) in [7, 11) is -2.67. The minimum Gasteiger partial charge on any atom is -0.492 e. The molecule has 1 atom stereocenters. The number of ether oxygens (including phenoxy) is 1. The Morgan fingerprint density at radius 3 is 2.23 bits per heavy atom. The molecule has 0 spiro atoms. The van der Waals surface area contributed by atoms with Crippen LogP contribution in [-0.2, 0) is 26.2 Å². The number of carbonyl (C=O) groups is 2. The van der Waals surface area contributed by atoms with Gasteiger partial charge in [-0.2, -0.15) is 0 Å². The number of anilines is 1. The summed E-state index contributed by atoms with van der Waals surface area (Å²) in [5.74, 6) is -0.485. The molecular weight excluding hydrogens is 546 g/mol. The zero-order valence-electron chi connectivity index (χ0n) is 23.6. The van der Waals surface area contributed by atoms with Crippen molar-refractivity contribution in [3.8, 4) is 5.75 Å². The van der Waals surface area contributed by atoms with Crippen LogP contribution >= 0.6 is 11.8 Å². The molecule has 2 amide bonds. The molecule has 0 aliphatic rings. The van der Waals surface area contributed by atoms with Gasteiger partial charge in [0.15, 0.2) is 0 Å². The van der Waals surface area contributed by atoms with Crippen LogP contribution in [0, 0.1) is 6.92 Å². The normalized spacial score (nSPS) is 11.9. The van der Waals surface area contributed by atoms with Gasteiger partial charge in [0.2, 0.25) is 11.8 Å². The van der Waals surface area contributed by atoms with Gasteiger partial charge in [-0.25, -0.2) is 8.42 Å². The molecule has 0 aromatic heterocycles. The average Bonchev–Trinajstić information content (AvgIpc) is 2.97. The molecule has 10 heteroatoms. The van der Waals surface area contributed by atoms with Gasteiger partial charge in [-0.3, -0.25) is 13.9 Å². The van der Waals surface area contributed by atoms with E-state index in [0.29, 0.717) is 18.8 Å². The molecule has 0 bridgehead atoms. The highest BCUT2D eigenvalue weighted by molar-refractivity contribution is 7.98. The third kappa shape index (κ3) is 7.17. The number of benzene rings is 3. The lowest BCUT2D eigenvalue weighted by atomic mass is 10.1. The van der Waals surface area contributed by atoms with Crippen LogP contribution < -0.4 is 14.4 Å². The van der Waals surface area contributed by atoms with Gasteiger partial charge in [0, 0.05) is 18.5 Å². The van der Waals surface area contributed by atoms with Gasteiger partial charge < -0.3 is 15.0 Å². The molecule has 0 heterocycles. The Morgan fingerprint density at radius 1 is 0.975 bits per heavy atom. The second kappa shape index (κ2) is 14.2. The lowest BCUT2D eigenvalue weighted by Gasteiger charge is -2.33. The molecule has 0 fully saturated rings. The Balaban J connectivity index is 2.12. The van der Waals surface area contributed by atoms with Crippen LogP contribution in [0.5, 0.6) is 5.75 Å². The van der Waals surface area contributed by atoms with Crippen LogP contribution in [0.15, 0.2) is 82.6 Å². The predicted octanol–water partition coefficient (Wildman–Crippen LogP) is 4.86. The quantitative estimate of drug-likeness (QED) is 0.289. The summed E-state index contributed by atoms with van der Waals surface area (Å²) in [5.41, 5.74) is 2.08. The monoisotopic (exact) mass is 583 g/mol. The number of nitrogens with zero attached hydrogens (tertiary/aromatic N) is 2. The number of para-hydroxylation sites is 2. The SMILES string of the molecule is CCOc1ccccc1N(CC(=O)N(Cc1ccccc1C)C(CC)C(=O)NC)S(=O)(=O)c1ccc(SC)cc1. The van der Waals surface area contributed by atoms with E-state index >= 15 is 0 Å². The molecule has 1 N–H and O–H groups in total. The van der Waals surface area contributed by atoms with E-state index in [1.165, 1.54) is 35.8 Å². The predicted molar refractivity (Wildman–Crippen MR) is 160 cm³/mol. The first-order chi connectivity index (χ1) is 19.2. The molecule has 0 aliphatic heterocycles. The van der Waals surface area contributed by atoms with E-state index in [1.54, 1.807) is 43.3 Å². The molecule has 0 aliphatic carbocycles. The third-order valence-electron chi connectivity index (χ3n) is 6.59. The molecule has 3 aromatic rings. The van der Waals surface area contributed by atoms with Gasteiger partial charge in [0.1, 0.15) is 18.3 Å². The van der Waals surface area contributed by atoms with Crippen LogP contribution in [-0.4, -0.2) is 57.6 Å². The van der Waals surface area contributed by atoms with E-state index in [-0.39, 0.29) is 23.0 Å². The summed E-state index contributed by atoms with van der Waals surface area (Å²) >= 11 is 1.50. The van der Waals surface area contributed by atoms with Gasteiger partial charge in [-0.15, -0.1) is 11.8 Å². The first-order valence-corrected chi connectivity index (χ1v) is 15.8. The van der Waals surface area contributed by atoms with Gasteiger partial charge in [-0.1, -0.05) is 43.3 Å². The molecule has 1 unspecified atom stereocenters. The molecule has 40 heavy (non-hydrogen) atoms. The van der Waals surface area contributed by atoms with Crippen molar-refractivity contribution >= 4 is 39.3 Å². The maximum Gasteiger partial charge on any atom is 0.264 e. The number of carbonyl (C=O) groups excluding carboxylic acids is 2. The van der Waals surface area contributed by atoms with Gasteiger partial charge in [-0.05, 0) is 74.0 Å². The highest BCUT2D eigenvalue weighted by Gasteiger charge is 2.34. The second-order valence-electron chi connectivity index (χ2n) is 9.07. The summed E-state index contributed by atoms with van der Waals surface area (Å²) < 4.78 is 35.0. The summed E-state index contributed by atoms with van der Waals surface area (Å²) in [5, 5.41) is 2.64. The first-order valence-electron chi connectivity index (χ1n) is 13.1. The van der Waals surface area contributed by atoms with E-state index in [0.717, 1.165) is 20.3 Å². The lowest BCUT2D eigenvalue weighted by Crippen LogP contribution is -2.51. The standard InChI is InChI=1S/C30H37N3O5S2/c1-6-26(30(35)31-4)32(20-23-13-9-8-12-22(23)3)29(34)21-33(27-14-10-11-15-28(27)38-7-2)40(36,37)25-18-16-24(39-5)17-19-25/h8-19,26H,6-7,20-21H2,1-5H3,(H,31,35). The molecule has 8 nitrogen and oxygen atoms in total. The number of amides is 2. The minimum absolute atomic E-state index is 0.0493. The summed E-state index contributed by atoms with van der Waals surface area (Å²) in [6, 6.07) is 20.1. The number of thioether (sulfide) groups is 1. The Bertz CT molecular complexity index is 1410. The van der Waals surface area contributed by atoms with Crippen LogP contribution in [0.2, 0.25) is 0 Å². The van der Waals surface area contributed by atoms with Crippen LogP contribution in [0.1, 0.15) is 31.4 Å². The smallest absolute Gasteiger partial charge is 0.264 e. The molecule has 0 saturated heterocycles. The van der Waals surface area contributed by atoms with Crippen molar-refractivity contribution in [1.82, 2.24) is 10.2 Å². The Labute approximate surface area is 241 Å². The summed E-state index contributed by atoms with van der Waals surface area (Å²) in [4.78, 5) is 29.4. The van der Waals surface area contributed by atoms with E-state index in [9.17, 15) is 18.0 Å². The molecule has 0 radical (unpaired) electrons. The largest absolute Gasteiger partial charge is 0.492 e. The number of aryl methyl sites for hydroxylation is 1. The fourth-order valence-corrected chi connectivity index (χ4v) is 6.22. The van der Waals surface area contributed by atoms with E-state index in [1.807, 2.05) is 44.4 Å². The fraction of sp³-hybridized carbons (Fsp3) is 0.333. The number of rotatable bonds is 13. The Hall–Kier alpha value is -3.50. The van der Waals surface area contributed by atoms with Crippen molar-refractivity contribution < 1.29 is 22.7 Å². The van der Waals surface area contributed by atoms with Crippen molar-refractivity contribution in [3.05, 3.63) is 83.9 Å². The van der Waals surface area contributed by atoms with Crippen molar-refractivity contribution in [2.75, 3.05) is 30.8 Å². The van der Waals surface area contributed by atoms with E-state index < -0.39 is 28.5 Å². The summed E-state index contributed by atoms with van der Waals surface area (Å²) in [6.07, 6.45) is 2.27. The molecule has 214 valence electrons. The van der Waals surface area contributed by atoms with Crippen molar-refractivity contribution in [2.45, 2.75) is 49.6 Å². The maximum absolute atomic E-state index is 14.1. The van der Waals surface area contributed by atoms with Gasteiger partial charge in [0.05, 0.1) is 17.2 Å². The van der Waals surface area contributed by atoms with Crippen LogP contribution in [0.4, 0.5) is 5.69 Å². The lowest BCUT2D eigenvalue weighted by molar-refractivity contribution is -0.140. The third-order valence-corrected chi connectivity index (χ3v) is 9.11. The zero-order chi connectivity index (χ0) is 29.3. The average molecular weight is 584 g/mol. The van der Waals surface area contributed by atoms with Crippen molar-refractivity contribution in [2.24, 2.45) is 0 Å². The molecule has 3 rings (SSSR count). The molecular formula is C30H37N3O5S2. The van der Waals surface area contributed by atoms with Crippen LogP contribution in [0.25, 0.3) is 0 Å². The van der Waals surface area contributed by atoms with Crippen molar-refractivity contribution in [3.63, 3.8) is 0 Å². The Morgan fingerprint density at radius 2 is 1.62 bits per heavy atom. The van der Waals surface area contributed by atoms with E-state index in [2.05, 4.69) is 5.32 Å². The number of hydrogen-bond donors (Lipinski definition) is 1. The highest BCUT2D eigenvalue weighted by atomic mass is 32.2. The van der Waals surface area contributed by atoms with Gasteiger partial charge >= 0.3 is 0 Å². The number of nitrogens with one attached hydrogen (secondary N) is 1. The fourth-order valence-electron chi connectivity index (χ4n) is 4.39. The Kier molecular flexibility index (Phi) is 11.0. The molecule has 0 saturated carbocycles. The van der Waals surface area contributed by atoms with E-state index in [4.69, 9.17) is 4.74 Å². The van der Waals surface area contributed by atoms with Crippen molar-refractivity contribution in [1.29, 1.82) is 0 Å². The first kappa shape index (κ1) is 31.0. The number of sulfonamides is 1. The number of likely N-dealkylation sites (N-methyl/N-ethyl adjacent to an activating group) is 1. The van der Waals surface area contributed by atoms with Gasteiger partial charge in [0.25, 0.3) is 10.0 Å². The number of hydrogen-bond acceptors (Lipinski definition) is 6. The molecule has 3 aromatic carbocycles. The second-order valence-corrected chi connectivity index (χ2v) is 11.8. The maximum atomic E-state index is 14.1. The topological polar surface area (TPSA) is 96.0 Å². The highest BCUT2D eigenvalue weighted by Crippen LogP contribution is 2.33. The minimum atomic E-state index is -4.19.